The van der Waals surface area contributed by atoms with Gasteiger partial charge in [0.05, 0.1) is 13.2 Å². The van der Waals surface area contributed by atoms with Gasteiger partial charge in [-0.3, -0.25) is 9.59 Å². The number of fused-ring (bicyclic) bond motifs is 3. The van der Waals surface area contributed by atoms with Gasteiger partial charge < -0.3 is 15.0 Å². The molecule has 1 aromatic carbocycles. The summed E-state index contributed by atoms with van der Waals surface area (Å²) in [5, 5.41) is 0.973. The zero-order chi connectivity index (χ0) is 15.7. The number of ketones is 1. The number of rotatable bonds is 4. The van der Waals surface area contributed by atoms with Crippen LogP contribution in [0.3, 0.4) is 0 Å². The molecule has 1 unspecified atom stereocenters. The Balaban J connectivity index is 0.00000192. The van der Waals surface area contributed by atoms with Gasteiger partial charge in [0.15, 0.2) is 5.78 Å². The van der Waals surface area contributed by atoms with Crippen molar-refractivity contribution in [2.75, 3.05) is 13.2 Å². The average molecular weight is 337 g/mol. The average Bonchev–Trinajstić information content (AvgIpc) is 2.86. The first-order valence-corrected chi connectivity index (χ1v) is 7.58. The number of carbonyl (C=O) groups is 2. The fourth-order valence-corrected chi connectivity index (χ4v) is 3.30. The summed E-state index contributed by atoms with van der Waals surface area (Å²) >= 11 is 0. The standard InChI is InChI=1S/C17H20N2O3.ClH/c1-11(20)22-10-12-6-7-19-14-5-3-2-4-13(14)17(15(19)8-12)16(21)9-18;/h2-5,12H,6-10,18H2,1H3;1H. The summed E-state index contributed by atoms with van der Waals surface area (Å²) in [4.78, 5) is 23.3. The van der Waals surface area contributed by atoms with E-state index in [4.69, 9.17) is 10.5 Å². The van der Waals surface area contributed by atoms with Crippen LogP contribution in [0.1, 0.15) is 29.4 Å². The molecule has 1 aliphatic heterocycles. The number of benzene rings is 1. The van der Waals surface area contributed by atoms with E-state index in [1.165, 1.54) is 6.92 Å². The lowest BCUT2D eigenvalue weighted by atomic mass is 9.93. The number of para-hydroxylation sites is 1. The number of carbonyl (C=O) groups excluding carboxylic acids is 2. The number of halogens is 1. The molecule has 124 valence electrons. The van der Waals surface area contributed by atoms with E-state index >= 15 is 0 Å². The normalized spacial score (nSPS) is 16.5. The second-order valence-corrected chi connectivity index (χ2v) is 5.78. The molecule has 0 aliphatic carbocycles. The zero-order valence-electron chi connectivity index (χ0n) is 13.1. The third-order valence-electron chi connectivity index (χ3n) is 4.31. The van der Waals surface area contributed by atoms with Crippen LogP contribution in [0.4, 0.5) is 0 Å². The lowest BCUT2D eigenvalue weighted by molar-refractivity contribution is -0.142. The minimum Gasteiger partial charge on any atom is -0.466 e. The number of aromatic nitrogens is 1. The number of hydrogen-bond acceptors (Lipinski definition) is 4. The summed E-state index contributed by atoms with van der Waals surface area (Å²) < 4.78 is 7.35. The molecule has 0 saturated heterocycles. The highest BCUT2D eigenvalue weighted by Crippen LogP contribution is 2.33. The van der Waals surface area contributed by atoms with Crippen LogP contribution >= 0.6 is 12.4 Å². The van der Waals surface area contributed by atoms with E-state index in [0.29, 0.717) is 6.61 Å². The van der Waals surface area contributed by atoms with Gasteiger partial charge in [0.2, 0.25) is 0 Å². The Morgan fingerprint density at radius 1 is 1.35 bits per heavy atom. The highest BCUT2D eigenvalue weighted by Gasteiger charge is 2.27. The first kappa shape index (κ1) is 17.5. The molecule has 23 heavy (non-hydrogen) atoms. The maximum atomic E-state index is 12.3. The van der Waals surface area contributed by atoms with Crippen LogP contribution in [0, 0.1) is 5.92 Å². The fourth-order valence-electron chi connectivity index (χ4n) is 3.30. The van der Waals surface area contributed by atoms with E-state index < -0.39 is 0 Å². The first-order chi connectivity index (χ1) is 10.6. The molecule has 0 radical (unpaired) electrons. The van der Waals surface area contributed by atoms with E-state index in [1.54, 1.807) is 0 Å². The second kappa shape index (κ2) is 7.15. The molecule has 2 aromatic rings. The monoisotopic (exact) mass is 336 g/mol. The van der Waals surface area contributed by atoms with Crippen molar-refractivity contribution < 1.29 is 14.3 Å². The Hall–Kier alpha value is -1.85. The Morgan fingerprint density at radius 2 is 2.09 bits per heavy atom. The molecule has 1 atom stereocenters. The van der Waals surface area contributed by atoms with E-state index in [9.17, 15) is 9.59 Å². The Bertz CT molecular complexity index is 739. The van der Waals surface area contributed by atoms with Crippen molar-refractivity contribution >= 4 is 35.1 Å². The third-order valence-corrected chi connectivity index (χ3v) is 4.31. The maximum Gasteiger partial charge on any atom is 0.302 e. The van der Waals surface area contributed by atoms with E-state index in [0.717, 1.165) is 41.5 Å². The molecule has 0 amide bonds. The zero-order valence-corrected chi connectivity index (χ0v) is 13.9. The quantitative estimate of drug-likeness (QED) is 0.687. The predicted molar refractivity (Wildman–Crippen MR) is 91.0 cm³/mol. The minimum absolute atomic E-state index is 0. The third kappa shape index (κ3) is 3.26. The van der Waals surface area contributed by atoms with Gasteiger partial charge in [-0.1, -0.05) is 18.2 Å². The number of hydrogen-bond donors (Lipinski definition) is 1. The summed E-state index contributed by atoms with van der Waals surface area (Å²) in [5.74, 6) is -0.0347. The Kier molecular flexibility index (Phi) is 5.44. The van der Waals surface area contributed by atoms with Crippen LogP contribution in [-0.4, -0.2) is 29.5 Å². The summed E-state index contributed by atoms with van der Waals surface area (Å²) in [6.07, 6.45) is 1.68. The van der Waals surface area contributed by atoms with Crippen LogP contribution in [0.5, 0.6) is 0 Å². The van der Waals surface area contributed by atoms with Gasteiger partial charge in [0, 0.05) is 41.5 Å². The molecule has 0 saturated carbocycles. The van der Waals surface area contributed by atoms with Gasteiger partial charge in [-0.05, 0) is 18.9 Å². The smallest absolute Gasteiger partial charge is 0.302 e. The molecule has 0 spiro atoms. The summed E-state index contributed by atoms with van der Waals surface area (Å²) in [5.41, 5.74) is 8.45. The highest BCUT2D eigenvalue weighted by atomic mass is 35.5. The number of nitrogens with zero attached hydrogens (tertiary/aromatic N) is 1. The second-order valence-electron chi connectivity index (χ2n) is 5.78. The highest BCUT2D eigenvalue weighted by molar-refractivity contribution is 6.10. The molecule has 0 bridgehead atoms. The number of esters is 1. The molecular weight excluding hydrogens is 316 g/mol. The summed E-state index contributed by atoms with van der Waals surface area (Å²) in [7, 11) is 0. The number of aryl methyl sites for hydroxylation is 1. The fraction of sp³-hybridized carbons (Fsp3) is 0.412. The van der Waals surface area contributed by atoms with Gasteiger partial charge in [-0.2, -0.15) is 0 Å². The first-order valence-electron chi connectivity index (χ1n) is 7.58. The predicted octanol–water partition coefficient (Wildman–Crippen LogP) is 2.33. The SMILES string of the molecule is CC(=O)OCC1CCn2c(c(C(=O)CN)c3ccccc32)C1.Cl. The lowest BCUT2D eigenvalue weighted by Crippen LogP contribution is -2.25. The van der Waals surface area contributed by atoms with Crippen molar-refractivity contribution in [3.63, 3.8) is 0 Å². The summed E-state index contributed by atoms with van der Waals surface area (Å²) in [6, 6.07) is 7.94. The summed E-state index contributed by atoms with van der Waals surface area (Å²) in [6.45, 7) is 2.67. The molecule has 1 aromatic heterocycles. The minimum atomic E-state index is -0.260. The van der Waals surface area contributed by atoms with Gasteiger partial charge in [-0.15, -0.1) is 12.4 Å². The van der Waals surface area contributed by atoms with Gasteiger partial charge in [0.1, 0.15) is 0 Å². The number of ether oxygens (including phenoxy) is 1. The molecular formula is C17H21ClN2O3. The van der Waals surface area contributed by atoms with E-state index in [2.05, 4.69) is 4.57 Å². The molecule has 2 heterocycles. The molecule has 6 heteroatoms. The van der Waals surface area contributed by atoms with Crippen LogP contribution in [0.25, 0.3) is 10.9 Å². The maximum absolute atomic E-state index is 12.3. The van der Waals surface area contributed by atoms with Gasteiger partial charge in [-0.25, -0.2) is 0 Å². The lowest BCUT2D eigenvalue weighted by Gasteiger charge is -2.25. The van der Waals surface area contributed by atoms with Crippen LogP contribution in [-0.2, 0) is 22.5 Å². The molecule has 3 rings (SSSR count). The number of Topliss-reactive ketones (excluding diaryl/α,β-unsaturated/α-hetero) is 1. The van der Waals surface area contributed by atoms with Crippen LogP contribution in [0.2, 0.25) is 0 Å². The van der Waals surface area contributed by atoms with Crippen molar-refractivity contribution in [2.45, 2.75) is 26.3 Å². The molecule has 1 aliphatic rings. The van der Waals surface area contributed by atoms with E-state index in [1.807, 2.05) is 24.3 Å². The largest absolute Gasteiger partial charge is 0.466 e. The van der Waals surface area contributed by atoms with Gasteiger partial charge >= 0.3 is 5.97 Å². The number of nitrogens with two attached hydrogens (primary N) is 1. The van der Waals surface area contributed by atoms with Gasteiger partial charge in [0.25, 0.3) is 0 Å². The topological polar surface area (TPSA) is 74.3 Å². The van der Waals surface area contributed by atoms with E-state index in [-0.39, 0.29) is 36.6 Å². The van der Waals surface area contributed by atoms with Crippen molar-refractivity contribution in [3.8, 4) is 0 Å². The molecule has 2 N–H and O–H groups in total. The van der Waals surface area contributed by atoms with Crippen molar-refractivity contribution in [1.82, 2.24) is 4.57 Å². The molecule has 0 fully saturated rings. The van der Waals surface area contributed by atoms with Crippen molar-refractivity contribution in [1.29, 1.82) is 0 Å². The Morgan fingerprint density at radius 3 is 2.78 bits per heavy atom. The van der Waals surface area contributed by atoms with Crippen molar-refractivity contribution in [3.05, 3.63) is 35.5 Å². The van der Waals surface area contributed by atoms with Crippen molar-refractivity contribution in [2.24, 2.45) is 11.7 Å². The van der Waals surface area contributed by atoms with Crippen LogP contribution in [0.15, 0.2) is 24.3 Å². The Labute approximate surface area is 141 Å². The molecule has 5 nitrogen and oxygen atoms in total. The van der Waals surface area contributed by atoms with Crippen LogP contribution < -0.4 is 5.73 Å².